The van der Waals surface area contributed by atoms with E-state index in [1.54, 1.807) is 0 Å². The highest BCUT2D eigenvalue weighted by atomic mass is 16.6. The first kappa shape index (κ1) is 18.3. The van der Waals surface area contributed by atoms with Gasteiger partial charge in [-0.2, -0.15) is 0 Å². The summed E-state index contributed by atoms with van der Waals surface area (Å²) in [4.78, 5) is 18.8. The van der Waals surface area contributed by atoms with E-state index < -0.39 is 5.60 Å². The van der Waals surface area contributed by atoms with Crippen LogP contribution in [0.5, 0.6) is 0 Å². The quantitative estimate of drug-likeness (QED) is 0.827. The molecule has 2 heterocycles. The summed E-state index contributed by atoms with van der Waals surface area (Å²) in [5.74, 6) is 1.87. The molecule has 2 aliphatic rings. The van der Waals surface area contributed by atoms with Crippen molar-refractivity contribution in [1.82, 2.24) is 14.5 Å². The van der Waals surface area contributed by atoms with Crippen LogP contribution in [0.25, 0.3) is 0 Å². The fourth-order valence-corrected chi connectivity index (χ4v) is 4.07. The summed E-state index contributed by atoms with van der Waals surface area (Å²) >= 11 is 0. The number of imidazole rings is 1. The summed E-state index contributed by atoms with van der Waals surface area (Å²) in [6.07, 6.45) is 8.10. The molecule has 0 aromatic carbocycles. The third-order valence-electron chi connectivity index (χ3n) is 5.45. The maximum Gasteiger partial charge on any atom is 0.410 e. The van der Waals surface area contributed by atoms with Gasteiger partial charge in [0.05, 0.1) is 5.69 Å². The van der Waals surface area contributed by atoms with Gasteiger partial charge < -0.3 is 14.2 Å². The number of hydrogen-bond acceptors (Lipinski definition) is 3. The van der Waals surface area contributed by atoms with Crippen LogP contribution < -0.4 is 0 Å². The molecule has 0 saturated carbocycles. The Balaban J connectivity index is 1.49. The third-order valence-corrected chi connectivity index (χ3v) is 5.45. The fraction of sp³-hybridized carbons (Fsp3) is 0.800. The second-order valence-electron chi connectivity index (χ2n) is 8.61. The zero-order chi connectivity index (χ0) is 18.0. The summed E-state index contributed by atoms with van der Waals surface area (Å²) in [7, 11) is 0. The lowest BCUT2D eigenvalue weighted by Crippen LogP contribution is -2.41. The predicted molar refractivity (Wildman–Crippen MR) is 98.8 cm³/mol. The zero-order valence-electron chi connectivity index (χ0n) is 16.3. The molecule has 1 aliphatic carbocycles. The SMILES string of the molecule is Cc1nc2c(n1CCC1CCN(C(=O)OC(C)(C)C)CC1)CCCC2. The lowest BCUT2D eigenvalue weighted by molar-refractivity contribution is 0.0180. The molecule has 1 aromatic rings. The van der Waals surface area contributed by atoms with Crippen LogP contribution >= 0.6 is 0 Å². The predicted octanol–water partition coefficient (Wildman–Crippen LogP) is 4.11. The second kappa shape index (κ2) is 7.38. The van der Waals surface area contributed by atoms with Gasteiger partial charge in [0.2, 0.25) is 0 Å². The summed E-state index contributed by atoms with van der Waals surface area (Å²) in [6, 6.07) is 0. The number of carbonyl (C=O) groups is 1. The number of carbonyl (C=O) groups excluding carboxylic acids is 1. The van der Waals surface area contributed by atoms with Gasteiger partial charge in [0.25, 0.3) is 0 Å². The van der Waals surface area contributed by atoms with Crippen LogP contribution in [0.2, 0.25) is 0 Å². The number of nitrogens with zero attached hydrogens (tertiary/aromatic N) is 3. The maximum absolute atomic E-state index is 12.2. The normalized spacial score (nSPS) is 19.0. The molecule has 1 aliphatic heterocycles. The molecule has 0 N–H and O–H groups in total. The highest BCUT2D eigenvalue weighted by molar-refractivity contribution is 5.68. The van der Waals surface area contributed by atoms with E-state index in [4.69, 9.17) is 9.72 Å². The van der Waals surface area contributed by atoms with E-state index >= 15 is 0 Å². The van der Waals surface area contributed by atoms with Crippen LogP contribution in [0.15, 0.2) is 0 Å². The van der Waals surface area contributed by atoms with Gasteiger partial charge in [0.15, 0.2) is 0 Å². The van der Waals surface area contributed by atoms with Crippen LogP contribution in [-0.2, 0) is 24.1 Å². The molecule has 25 heavy (non-hydrogen) atoms. The Morgan fingerprint density at radius 1 is 1.20 bits per heavy atom. The number of piperidine rings is 1. The molecule has 140 valence electrons. The van der Waals surface area contributed by atoms with Crippen molar-refractivity contribution in [3.63, 3.8) is 0 Å². The Morgan fingerprint density at radius 2 is 1.88 bits per heavy atom. The van der Waals surface area contributed by atoms with Crippen molar-refractivity contribution in [3.05, 3.63) is 17.2 Å². The number of hydrogen-bond donors (Lipinski definition) is 0. The largest absolute Gasteiger partial charge is 0.444 e. The zero-order valence-corrected chi connectivity index (χ0v) is 16.3. The number of aromatic nitrogens is 2. The molecule has 0 spiro atoms. The maximum atomic E-state index is 12.2. The van der Waals surface area contributed by atoms with Gasteiger partial charge >= 0.3 is 6.09 Å². The summed E-state index contributed by atoms with van der Waals surface area (Å²) in [5, 5.41) is 0. The van der Waals surface area contributed by atoms with Crippen molar-refractivity contribution >= 4 is 6.09 Å². The van der Waals surface area contributed by atoms with Gasteiger partial charge in [-0.3, -0.25) is 0 Å². The first-order chi connectivity index (χ1) is 11.8. The first-order valence-corrected chi connectivity index (χ1v) is 9.86. The molecular weight excluding hydrogens is 314 g/mol. The smallest absolute Gasteiger partial charge is 0.410 e. The number of rotatable bonds is 3. The van der Waals surface area contributed by atoms with Crippen molar-refractivity contribution in [3.8, 4) is 0 Å². The molecule has 0 radical (unpaired) electrons. The summed E-state index contributed by atoms with van der Waals surface area (Å²) < 4.78 is 7.94. The molecule has 1 fully saturated rings. The molecule has 1 saturated heterocycles. The van der Waals surface area contributed by atoms with Gasteiger partial charge in [-0.1, -0.05) is 0 Å². The van der Waals surface area contributed by atoms with Crippen LogP contribution in [0.1, 0.15) is 70.1 Å². The van der Waals surface area contributed by atoms with E-state index in [9.17, 15) is 4.79 Å². The van der Waals surface area contributed by atoms with Gasteiger partial charge in [0.1, 0.15) is 11.4 Å². The number of aryl methyl sites for hydroxylation is 2. The minimum absolute atomic E-state index is 0.162. The standard InChI is InChI=1S/C20H33N3O2/c1-15-21-17-7-5-6-8-18(17)23(15)14-11-16-9-12-22(13-10-16)19(24)25-20(2,3)4/h16H,5-14H2,1-4H3. The number of fused-ring (bicyclic) bond motifs is 1. The van der Waals surface area contributed by atoms with E-state index in [0.717, 1.165) is 38.9 Å². The minimum atomic E-state index is -0.411. The van der Waals surface area contributed by atoms with E-state index in [-0.39, 0.29) is 6.09 Å². The van der Waals surface area contributed by atoms with Crippen LogP contribution in [-0.4, -0.2) is 39.2 Å². The summed E-state index contributed by atoms with van der Waals surface area (Å²) in [5.41, 5.74) is 2.41. The summed E-state index contributed by atoms with van der Waals surface area (Å²) in [6.45, 7) is 10.6. The lowest BCUT2D eigenvalue weighted by Gasteiger charge is -2.33. The van der Waals surface area contributed by atoms with Gasteiger partial charge in [-0.05, 0) is 78.6 Å². The highest BCUT2D eigenvalue weighted by Gasteiger charge is 2.27. The monoisotopic (exact) mass is 347 g/mol. The molecule has 5 heteroatoms. The van der Waals surface area contributed by atoms with Gasteiger partial charge in [-0.15, -0.1) is 0 Å². The van der Waals surface area contributed by atoms with Crippen LogP contribution in [0.3, 0.4) is 0 Å². The van der Waals surface area contributed by atoms with Crippen molar-refractivity contribution in [2.45, 2.75) is 84.8 Å². The van der Waals surface area contributed by atoms with Gasteiger partial charge in [0, 0.05) is 25.3 Å². The van der Waals surface area contributed by atoms with E-state index in [2.05, 4.69) is 11.5 Å². The molecule has 0 unspecified atom stereocenters. The molecule has 0 atom stereocenters. The Bertz CT molecular complexity index is 607. The van der Waals surface area contributed by atoms with Gasteiger partial charge in [-0.25, -0.2) is 9.78 Å². The lowest BCUT2D eigenvalue weighted by atomic mass is 9.93. The van der Waals surface area contributed by atoms with E-state index in [0.29, 0.717) is 5.92 Å². The molecule has 1 aromatic heterocycles. The van der Waals surface area contributed by atoms with E-state index in [1.807, 2.05) is 25.7 Å². The van der Waals surface area contributed by atoms with Crippen LogP contribution in [0.4, 0.5) is 4.79 Å². The molecule has 3 rings (SSSR count). The topological polar surface area (TPSA) is 47.4 Å². The van der Waals surface area contributed by atoms with Crippen molar-refractivity contribution in [1.29, 1.82) is 0 Å². The Labute approximate surface area is 151 Å². The number of ether oxygens (including phenoxy) is 1. The average Bonchev–Trinajstić information content (AvgIpc) is 2.87. The van der Waals surface area contributed by atoms with Crippen molar-refractivity contribution in [2.75, 3.05) is 13.1 Å². The molecule has 0 bridgehead atoms. The number of amides is 1. The molecule has 1 amide bonds. The molecule has 5 nitrogen and oxygen atoms in total. The third kappa shape index (κ3) is 4.56. The Morgan fingerprint density at radius 3 is 2.56 bits per heavy atom. The van der Waals surface area contributed by atoms with Crippen molar-refractivity contribution < 1.29 is 9.53 Å². The van der Waals surface area contributed by atoms with Crippen molar-refractivity contribution in [2.24, 2.45) is 5.92 Å². The van der Waals surface area contributed by atoms with E-state index in [1.165, 1.54) is 42.9 Å². The first-order valence-electron chi connectivity index (χ1n) is 9.86. The second-order valence-corrected chi connectivity index (χ2v) is 8.61. The Kier molecular flexibility index (Phi) is 5.40. The average molecular weight is 348 g/mol. The highest BCUT2D eigenvalue weighted by Crippen LogP contribution is 2.26. The molecular formula is C20H33N3O2. The minimum Gasteiger partial charge on any atom is -0.444 e. The number of likely N-dealkylation sites (tertiary alicyclic amines) is 1. The fourth-order valence-electron chi connectivity index (χ4n) is 4.07. The Hall–Kier alpha value is -1.52. The van der Waals surface area contributed by atoms with Crippen LogP contribution in [0, 0.1) is 12.8 Å².